The Morgan fingerprint density at radius 3 is 1.89 bits per heavy atom. The highest BCUT2D eigenvalue weighted by Gasteiger charge is 2.13. The fraction of sp³-hybridized carbons (Fsp3) is 0.857. The summed E-state index contributed by atoms with van der Waals surface area (Å²) in [6, 6.07) is 0.583. The quantitative estimate of drug-likeness (QED) is 0.576. The highest BCUT2D eigenvalue weighted by Crippen LogP contribution is 2.13. The Balaban J connectivity index is 0.000000144. The van der Waals surface area contributed by atoms with Crippen molar-refractivity contribution in [3.05, 3.63) is 0 Å². The zero-order chi connectivity index (χ0) is 7.28. The second-order valence-corrected chi connectivity index (χ2v) is 2.39. The number of carbonyl (C=O) groups excluding carboxylic acids is 1. The highest BCUT2D eigenvalue weighted by atomic mass is 16.1. The maximum absolute atomic E-state index is 9.81. The Morgan fingerprint density at radius 1 is 1.67 bits per heavy atom. The van der Waals surface area contributed by atoms with Gasteiger partial charge in [-0.05, 0) is 19.8 Å². The molecule has 0 atom stereocenters. The van der Waals surface area contributed by atoms with Gasteiger partial charge in [0.15, 0.2) is 0 Å². The molecular formula is C7H15NO. The summed E-state index contributed by atoms with van der Waals surface area (Å²) in [4.78, 5) is 9.81. The van der Waals surface area contributed by atoms with Gasteiger partial charge in [-0.1, -0.05) is 6.92 Å². The fourth-order valence-electron chi connectivity index (χ4n) is 0.0962. The lowest BCUT2D eigenvalue weighted by Gasteiger charge is -1.71. The minimum Gasteiger partial charge on any atom is -0.328 e. The van der Waals surface area contributed by atoms with Crippen LogP contribution < -0.4 is 5.73 Å². The Kier molecular flexibility index (Phi) is 4.32. The number of nitrogens with two attached hydrogens (primary N) is 1. The molecule has 0 aromatic heterocycles. The summed E-state index contributed by atoms with van der Waals surface area (Å²) < 4.78 is 0. The van der Waals surface area contributed by atoms with E-state index in [0.717, 1.165) is 0 Å². The topological polar surface area (TPSA) is 43.1 Å². The van der Waals surface area contributed by atoms with Gasteiger partial charge in [0.05, 0.1) is 0 Å². The number of carbonyl (C=O) groups is 1. The van der Waals surface area contributed by atoms with Gasteiger partial charge >= 0.3 is 0 Å². The first-order valence-corrected chi connectivity index (χ1v) is 3.41. The van der Waals surface area contributed by atoms with Gasteiger partial charge < -0.3 is 10.5 Å². The van der Waals surface area contributed by atoms with Crippen molar-refractivity contribution in [1.82, 2.24) is 0 Å². The third kappa shape index (κ3) is 11.3. The Morgan fingerprint density at radius 2 is 1.89 bits per heavy atom. The van der Waals surface area contributed by atoms with Crippen molar-refractivity contribution in [2.24, 2.45) is 5.73 Å². The molecule has 2 nitrogen and oxygen atoms in total. The molecule has 0 aromatic carbocycles. The third-order valence-corrected chi connectivity index (χ3v) is 1.12. The van der Waals surface area contributed by atoms with Crippen molar-refractivity contribution < 1.29 is 4.79 Å². The van der Waals surface area contributed by atoms with E-state index in [1.807, 2.05) is 6.92 Å². The Bertz CT molecular complexity index is 86.9. The number of hydrogen-bond donors (Lipinski definition) is 1. The van der Waals surface area contributed by atoms with Gasteiger partial charge in [-0.25, -0.2) is 0 Å². The van der Waals surface area contributed by atoms with Crippen LogP contribution in [0.3, 0.4) is 0 Å². The van der Waals surface area contributed by atoms with Gasteiger partial charge in [-0.3, -0.25) is 0 Å². The smallest absolute Gasteiger partial charge is 0.129 e. The third-order valence-electron chi connectivity index (χ3n) is 1.12. The van der Waals surface area contributed by atoms with Crippen LogP contribution in [0.1, 0.15) is 33.1 Å². The molecule has 0 saturated heterocycles. The van der Waals surface area contributed by atoms with Crippen molar-refractivity contribution in [3.8, 4) is 0 Å². The summed E-state index contributed by atoms with van der Waals surface area (Å²) in [7, 11) is 0. The molecule has 0 unspecified atom stereocenters. The van der Waals surface area contributed by atoms with Crippen molar-refractivity contribution >= 4 is 5.78 Å². The summed E-state index contributed by atoms with van der Waals surface area (Å²) in [5.74, 6) is 0.255. The number of rotatable bonds is 1. The van der Waals surface area contributed by atoms with Gasteiger partial charge in [-0.2, -0.15) is 0 Å². The van der Waals surface area contributed by atoms with E-state index in [-0.39, 0.29) is 5.78 Å². The standard InChI is InChI=1S/C4H8O.C3H7N/c1-3-4(2)5;4-3-1-2-3/h3H2,1-2H3;3H,1-2,4H2. The van der Waals surface area contributed by atoms with E-state index in [0.29, 0.717) is 12.5 Å². The van der Waals surface area contributed by atoms with Crippen LogP contribution in [0.2, 0.25) is 0 Å². The molecule has 2 N–H and O–H groups in total. The number of Topliss-reactive ketones (excluding diaryl/α,β-unsaturated/α-hetero) is 1. The molecule has 0 amide bonds. The van der Waals surface area contributed by atoms with E-state index >= 15 is 0 Å². The largest absolute Gasteiger partial charge is 0.328 e. The zero-order valence-electron chi connectivity index (χ0n) is 6.18. The minimum atomic E-state index is 0.255. The van der Waals surface area contributed by atoms with Gasteiger partial charge in [0.2, 0.25) is 0 Å². The van der Waals surface area contributed by atoms with Crippen LogP contribution in [-0.2, 0) is 4.79 Å². The van der Waals surface area contributed by atoms with Crippen LogP contribution >= 0.6 is 0 Å². The molecule has 1 fully saturated rings. The van der Waals surface area contributed by atoms with E-state index in [2.05, 4.69) is 0 Å². The second kappa shape index (κ2) is 4.50. The first kappa shape index (κ1) is 8.63. The molecule has 1 saturated carbocycles. The summed E-state index contributed by atoms with van der Waals surface area (Å²) in [6.45, 7) is 3.43. The molecule has 1 aliphatic rings. The van der Waals surface area contributed by atoms with Crippen LogP contribution in [0.25, 0.3) is 0 Å². The Hall–Kier alpha value is -0.370. The minimum absolute atomic E-state index is 0.255. The summed E-state index contributed by atoms with van der Waals surface area (Å²) >= 11 is 0. The van der Waals surface area contributed by atoms with Crippen molar-refractivity contribution in [3.63, 3.8) is 0 Å². The fourth-order valence-corrected chi connectivity index (χ4v) is 0.0962. The monoisotopic (exact) mass is 129 g/mol. The molecule has 0 radical (unpaired) electrons. The predicted molar refractivity (Wildman–Crippen MR) is 38.2 cm³/mol. The maximum Gasteiger partial charge on any atom is 0.129 e. The van der Waals surface area contributed by atoms with Crippen LogP contribution in [0.5, 0.6) is 0 Å². The molecule has 9 heavy (non-hydrogen) atoms. The van der Waals surface area contributed by atoms with Gasteiger partial charge in [0.1, 0.15) is 5.78 Å². The second-order valence-electron chi connectivity index (χ2n) is 2.39. The average molecular weight is 129 g/mol. The van der Waals surface area contributed by atoms with Crippen LogP contribution in [0.15, 0.2) is 0 Å². The van der Waals surface area contributed by atoms with E-state index < -0.39 is 0 Å². The molecule has 0 bridgehead atoms. The molecule has 2 heteroatoms. The molecule has 1 rings (SSSR count). The van der Waals surface area contributed by atoms with E-state index in [4.69, 9.17) is 5.73 Å². The predicted octanol–water partition coefficient (Wildman–Crippen LogP) is 1.09. The molecule has 0 aliphatic heterocycles. The lowest BCUT2D eigenvalue weighted by atomic mass is 10.4. The molecular weight excluding hydrogens is 114 g/mol. The van der Waals surface area contributed by atoms with Crippen molar-refractivity contribution in [2.75, 3.05) is 0 Å². The van der Waals surface area contributed by atoms with Crippen LogP contribution in [-0.4, -0.2) is 11.8 Å². The van der Waals surface area contributed by atoms with Crippen LogP contribution in [0.4, 0.5) is 0 Å². The van der Waals surface area contributed by atoms with Crippen molar-refractivity contribution in [1.29, 1.82) is 0 Å². The number of hydrogen-bond acceptors (Lipinski definition) is 2. The van der Waals surface area contributed by atoms with Gasteiger partial charge in [0.25, 0.3) is 0 Å². The van der Waals surface area contributed by atoms with Crippen LogP contribution in [0, 0.1) is 0 Å². The molecule has 1 aliphatic carbocycles. The molecule has 0 aromatic rings. The maximum atomic E-state index is 9.81. The van der Waals surface area contributed by atoms with E-state index in [1.165, 1.54) is 12.8 Å². The average Bonchev–Trinajstić information content (AvgIpc) is 2.53. The normalized spacial score (nSPS) is 15.9. The first-order valence-electron chi connectivity index (χ1n) is 3.41. The van der Waals surface area contributed by atoms with Gasteiger partial charge in [0, 0.05) is 12.5 Å². The van der Waals surface area contributed by atoms with E-state index in [9.17, 15) is 4.79 Å². The molecule has 0 spiro atoms. The SMILES string of the molecule is CCC(C)=O.NC1CC1. The lowest BCUT2D eigenvalue weighted by molar-refractivity contribution is -0.116. The first-order chi connectivity index (χ1) is 4.16. The van der Waals surface area contributed by atoms with E-state index in [1.54, 1.807) is 6.92 Å². The lowest BCUT2D eigenvalue weighted by Crippen LogP contribution is -1.94. The summed E-state index contributed by atoms with van der Waals surface area (Å²) in [5, 5.41) is 0. The van der Waals surface area contributed by atoms with Crippen molar-refractivity contribution in [2.45, 2.75) is 39.2 Å². The number of ketones is 1. The molecule has 0 heterocycles. The zero-order valence-corrected chi connectivity index (χ0v) is 6.18. The highest BCUT2D eigenvalue weighted by molar-refractivity contribution is 5.74. The summed E-state index contributed by atoms with van der Waals surface area (Å²) in [5.41, 5.74) is 5.22. The molecule has 54 valence electrons. The Labute approximate surface area is 56.4 Å². The summed E-state index contributed by atoms with van der Waals surface area (Å²) in [6.07, 6.45) is 3.19. The van der Waals surface area contributed by atoms with Gasteiger partial charge in [-0.15, -0.1) is 0 Å².